The number of hydrogen-bond donors (Lipinski definition) is 1. The van der Waals surface area contributed by atoms with Crippen molar-refractivity contribution in [1.82, 2.24) is 19.6 Å². The van der Waals surface area contributed by atoms with Crippen molar-refractivity contribution in [2.75, 3.05) is 33.4 Å². The van der Waals surface area contributed by atoms with Gasteiger partial charge >= 0.3 is 0 Å². The van der Waals surface area contributed by atoms with Gasteiger partial charge < -0.3 is 14.7 Å². The summed E-state index contributed by atoms with van der Waals surface area (Å²) in [5, 5.41) is 13.4. The number of aliphatic hydroxyl groups is 1. The number of likely N-dealkylation sites (tertiary alicyclic amines) is 1. The first kappa shape index (κ1) is 25.9. The van der Waals surface area contributed by atoms with Crippen molar-refractivity contribution in [3.05, 3.63) is 83.2 Å². The van der Waals surface area contributed by atoms with Gasteiger partial charge in [-0.3, -0.25) is 14.4 Å². The molecule has 2 aromatic carbocycles. The van der Waals surface area contributed by atoms with Crippen molar-refractivity contribution < 1.29 is 14.6 Å². The Labute approximate surface area is 214 Å². The molecule has 1 atom stereocenters. The Morgan fingerprint density at radius 2 is 1.83 bits per heavy atom. The van der Waals surface area contributed by atoms with Gasteiger partial charge in [0.15, 0.2) is 0 Å². The summed E-state index contributed by atoms with van der Waals surface area (Å²) in [6.45, 7) is 5.09. The zero-order chi connectivity index (χ0) is 25.5. The lowest BCUT2D eigenvalue weighted by Gasteiger charge is -2.40. The van der Waals surface area contributed by atoms with Crippen LogP contribution >= 0.6 is 0 Å². The molecule has 7 heteroatoms. The van der Waals surface area contributed by atoms with E-state index in [1.807, 2.05) is 50.2 Å². The van der Waals surface area contributed by atoms with Gasteiger partial charge in [0.2, 0.25) is 0 Å². The second-order valence-corrected chi connectivity index (χ2v) is 9.80. The summed E-state index contributed by atoms with van der Waals surface area (Å²) in [6, 6.07) is 20.6. The molecule has 1 amide bonds. The van der Waals surface area contributed by atoms with E-state index in [4.69, 9.17) is 9.84 Å². The lowest BCUT2D eigenvalue weighted by atomic mass is 9.84. The number of rotatable bonds is 10. The second-order valence-electron chi connectivity index (χ2n) is 9.80. The van der Waals surface area contributed by atoms with E-state index in [0.717, 1.165) is 50.3 Å². The first-order valence-corrected chi connectivity index (χ1v) is 12.8. The van der Waals surface area contributed by atoms with Gasteiger partial charge in [0.1, 0.15) is 18.1 Å². The fraction of sp³-hybridized carbons (Fsp3) is 0.448. The highest BCUT2D eigenvalue weighted by molar-refractivity contribution is 5.92. The largest absolute Gasteiger partial charge is 0.491 e. The molecule has 0 aliphatic carbocycles. The zero-order valence-electron chi connectivity index (χ0n) is 21.6. The number of benzene rings is 2. The van der Waals surface area contributed by atoms with Crippen molar-refractivity contribution in [3.8, 4) is 5.75 Å². The summed E-state index contributed by atoms with van der Waals surface area (Å²) in [5.41, 5.74) is 3.95. The molecule has 1 fully saturated rings. The third-order valence-corrected chi connectivity index (χ3v) is 7.17. The number of amides is 1. The minimum atomic E-state index is 0.0129. The molecule has 1 aromatic heterocycles. The molecule has 0 spiro atoms. The first-order chi connectivity index (χ1) is 17.4. The van der Waals surface area contributed by atoms with E-state index in [2.05, 4.69) is 46.4 Å². The number of aromatic nitrogens is 2. The van der Waals surface area contributed by atoms with Crippen LogP contribution in [0.25, 0.3) is 0 Å². The SMILES string of the molecule is Cc1cc(C(=O)N(C)[C@@H](Cc2ccccc2)C2CCN(Cc3cccc(OCCO)c3)CC2)n(C)n1. The third-order valence-electron chi connectivity index (χ3n) is 7.17. The van der Waals surface area contributed by atoms with Crippen LogP contribution in [-0.2, 0) is 20.0 Å². The monoisotopic (exact) mass is 490 g/mol. The topological polar surface area (TPSA) is 70.8 Å². The van der Waals surface area contributed by atoms with Crippen LogP contribution in [0.4, 0.5) is 0 Å². The summed E-state index contributed by atoms with van der Waals surface area (Å²) in [5.74, 6) is 1.25. The normalized spacial score (nSPS) is 15.6. The Bertz CT molecular complexity index is 1120. The van der Waals surface area contributed by atoms with E-state index in [1.54, 1.807) is 4.68 Å². The summed E-state index contributed by atoms with van der Waals surface area (Å²) >= 11 is 0. The van der Waals surface area contributed by atoms with Gasteiger partial charge in [-0.1, -0.05) is 42.5 Å². The van der Waals surface area contributed by atoms with E-state index in [-0.39, 0.29) is 18.6 Å². The molecule has 1 aliphatic heterocycles. The van der Waals surface area contributed by atoms with Gasteiger partial charge in [-0.05, 0) is 74.5 Å². The highest BCUT2D eigenvalue weighted by atomic mass is 16.5. The van der Waals surface area contributed by atoms with Crippen LogP contribution in [0.15, 0.2) is 60.7 Å². The quantitative estimate of drug-likeness (QED) is 0.469. The Morgan fingerprint density at radius 1 is 1.11 bits per heavy atom. The minimum Gasteiger partial charge on any atom is -0.491 e. The number of hydrogen-bond acceptors (Lipinski definition) is 5. The van der Waals surface area contributed by atoms with Crippen LogP contribution in [0.2, 0.25) is 0 Å². The first-order valence-electron chi connectivity index (χ1n) is 12.8. The van der Waals surface area contributed by atoms with Crippen molar-refractivity contribution in [1.29, 1.82) is 0 Å². The summed E-state index contributed by atoms with van der Waals surface area (Å²) in [6.07, 6.45) is 2.93. The number of carbonyl (C=O) groups excluding carboxylic acids is 1. The average molecular weight is 491 g/mol. The Balaban J connectivity index is 1.44. The molecule has 36 heavy (non-hydrogen) atoms. The smallest absolute Gasteiger partial charge is 0.272 e. The highest BCUT2D eigenvalue weighted by Gasteiger charge is 2.33. The van der Waals surface area contributed by atoms with E-state index in [0.29, 0.717) is 18.2 Å². The number of aliphatic hydroxyl groups excluding tert-OH is 1. The summed E-state index contributed by atoms with van der Waals surface area (Å²) < 4.78 is 7.26. The molecule has 7 nitrogen and oxygen atoms in total. The Hall–Kier alpha value is -3.16. The zero-order valence-corrected chi connectivity index (χ0v) is 21.6. The van der Waals surface area contributed by atoms with Gasteiger partial charge in [0, 0.05) is 26.7 Å². The van der Waals surface area contributed by atoms with E-state index >= 15 is 0 Å². The molecule has 0 bridgehead atoms. The maximum atomic E-state index is 13.5. The Morgan fingerprint density at radius 3 is 2.50 bits per heavy atom. The highest BCUT2D eigenvalue weighted by Crippen LogP contribution is 2.28. The summed E-state index contributed by atoms with van der Waals surface area (Å²) in [4.78, 5) is 17.9. The number of ether oxygens (including phenoxy) is 1. The molecular weight excluding hydrogens is 452 g/mol. The van der Waals surface area contributed by atoms with E-state index < -0.39 is 0 Å². The number of likely N-dealkylation sites (N-methyl/N-ethyl adjacent to an activating group) is 1. The fourth-order valence-corrected chi connectivity index (χ4v) is 5.27. The molecule has 0 saturated carbocycles. The van der Waals surface area contributed by atoms with Crippen LogP contribution in [-0.4, -0.2) is 70.0 Å². The molecule has 192 valence electrons. The van der Waals surface area contributed by atoms with Gasteiger partial charge in [0.25, 0.3) is 5.91 Å². The fourth-order valence-electron chi connectivity index (χ4n) is 5.27. The molecule has 3 aromatic rings. The Kier molecular flexibility index (Phi) is 8.78. The van der Waals surface area contributed by atoms with Gasteiger partial charge in [-0.15, -0.1) is 0 Å². The molecule has 4 rings (SSSR count). The van der Waals surface area contributed by atoms with Gasteiger partial charge in [-0.25, -0.2) is 0 Å². The standard InChI is InChI=1S/C29H38N4O3/c1-22-18-28(32(3)30-22)29(35)31(2)27(20-23-8-5-4-6-9-23)25-12-14-33(15-13-25)21-24-10-7-11-26(19-24)36-17-16-34/h4-11,18-19,25,27,34H,12-17,20-21H2,1-3H3/t27-/m0/s1. The number of carbonyl (C=O) groups is 1. The molecule has 0 unspecified atom stereocenters. The van der Waals surface area contributed by atoms with Crippen molar-refractivity contribution >= 4 is 5.91 Å². The minimum absolute atomic E-state index is 0.0129. The van der Waals surface area contributed by atoms with Crippen molar-refractivity contribution in [2.24, 2.45) is 13.0 Å². The lowest BCUT2D eigenvalue weighted by Crippen LogP contribution is -2.47. The van der Waals surface area contributed by atoms with Crippen molar-refractivity contribution in [3.63, 3.8) is 0 Å². The van der Waals surface area contributed by atoms with Crippen LogP contribution in [0, 0.1) is 12.8 Å². The van der Waals surface area contributed by atoms with E-state index in [1.165, 1.54) is 11.1 Å². The maximum Gasteiger partial charge on any atom is 0.272 e. The predicted molar refractivity (Wildman–Crippen MR) is 141 cm³/mol. The molecule has 2 heterocycles. The lowest BCUT2D eigenvalue weighted by molar-refractivity contribution is 0.0575. The van der Waals surface area contributed by atoms with Gasteiger partial charge in [-0.2, -0.15) is 5.10 Å². The predicted octanol–water partition coefficient (Wildman–Crippen LogP) is 3.70. The summed E-state index contributed by atoms with van der Waals surface area (Å²) in [7, 11) is 3.78. The number of aryl methyl sites for hydroxylation is 2. The maximum absolute atomic E-state index is 13.5. The van der Waals surface area contributed by atoms with Crippen LogP contribution in [0.5, 0.6) is 5.75 Å². The van der Waals surface area contributed by atoms with Crippen LogP contribution in [0.1, 0.15) is 40.2 Å². The van der Waals surface area contributed by atoms with Crippen LogP contribution < -0.4 is 4.74 Å². The third kappa shape index (κ3) is 6.53. The number of nitrogens with zero attached hydrogens (tertiary/aromatic N) is 4. The number of piperidine rings is 1. The second kappa shape index (κ2) is 12.2. The van der Waals surface area contributed by atoms with Gasteiger partial charge in [0.05, 0.1) is 12.3 Å². The average Bonchev–Trinajstić information content (AvgIpc) is 3.24. The van der Waals surface area contributed by atoms with Crippen LogP contribution in [0.3, 0.4) is 0 Å². The van der Waals surface area contributed by atoms with E-state index in [9.17, 15) is 4.79 Å². The molecule has 1 aliphatic rings. The van der Waals surface area contributed by atoms with Crippen molar-refractivity contribution in [2.45, 2.75) is 38.8 Å². The molecule has 0 radical (unpaired) electrons. The molecule has 1 N–H and O–H groups in total. The molecule has 1 saturated heterocycles. The molecular formula is C29H38N4O3.